The second kappa shape index (κ2) is 10.3. The molecule has 1 aliphatic heterocycles. The third-order valence-corrected chi connectivity index (χ3v) is 5.19. The van der Waals surface area contributed by atoms with Gasteiger partial charge in [0.2, 0.25) is 0 Å². The highest BCUT2D eigenvalue weighted by Crippen LogP contribution is 2.34. The summed E-state index contributed by atoms with van der Waals surface area (Å²) in [5, 5.41) is 3.19. The van der Waals surface area contributed by atoms with Crippen molar-refractivity contribution in [3.8, 4) is 11.5 Å². The molecule has 0 fully saturated rings. The monoisotopic (exact) mass is 456 g/mol. The number of amides is 2. The Labute approximate surface area is 199 Å². The lowest BCUT2D eigenvalue weighted by Gasteiger charge is -2.15. The smallest absolute Gasteiger partial charge is 0.282 e. The number of hydrogen-bond donors (Lipinski definition) is 1. The highest BCUT2D eigenvalue weighted by atomic mass is 16.5. The van der Waals surface area contributed by atoms with E-state index in [2.05, 4.69) is 5.32 Å². The highest BCUT2D eigenvalue weighted by molar-refractivity contribution is 6.46. The fourth-order valence-electron chi connectivity index (χ4n) is 3.73. The van der Waals surface area contributed by atoms with Gasteiger partial charge in [0.25, 0.3) is 11.8 Å². The van der Waals surface area contributed by atoms with Gasteiger partial charge in [0, 0.05) is 11.8 Å². The third kappa shape index (κ3) is 4.96. The van der Waals surface area contributed by atoms with E-state index in [1.807, 2.05) is 63.2 Å². The zero-order valence-corrected chi connectivity index (χ0v) is 19.6. The molecular formula is C28H28N2O4. The number of nitrogens with zero attached hydrogens (tertiary/aromatic N) is 1. The lowest BCUT2D eigenvalue weighted by atomic mass is 10.0. The number of carbonyl (C=O) groups is 2. The SMILES string of the molecule is CCCOc1cccc(NC2=C(c3ccc(OC(C)C)cc3)C(=O)N(c3ccccc3)C2=O)c1. The molecule has 0 saturated heterocycles. The number of benzene rings is 3. The maximum Gasteiger partial charge on any atom is 0.282 e. The predicted octanol–water partition coefficient (Wildman–Crippen LogP) is 5.66. The number of hydrogen-bond acceptors (Lipinski definition) is 5. The maximum absolute atomic E-state index is 13.5. The second-order valence-corrected chi connectivity index (χ2v) is 8.22. The minimum atomic E-state index is -0.409. The molecule has 6 nitrogen and oxygen atoms in total. The van der Waals surface area contributed by atoms with Crippen molar-refractivity contribution in [3.05, 3.63) is 90.1 Å². The molecule has 0 saturated carbocycles. The second-order valence-electron chi connectivity index (χ2n) is 8.22. The molecule has 0 atom stereocenters. The Hall–Kier alpha value is -4.06. The Bertz CT molecular complexity index is 1200. The van der Waals surface area contributed by atoms with E-state index in [0.29, 0.717) is 40.6 Å². The highest BCUT2D eigenvalue weighted by Gasteiger charge is 2.40. The first-order valence-corrected chi connectivity index (χ1v) is 11.4. The largest absolute Gasteiger partial charge is 0.494 e. The summed E-state index contributed by atoms with van der Waals surface area (Å²) in [5.74, 6) is 0.607. The number of rotatable bonds is 9. The summed E-state index contributed by atoms with van der Waals surface area (Å²) in [5.41, 5.74) is 2.35. The van der Waals surface area contributed by atoms with Crippen LogP contribution >= 0.6 is 0 Å². The Morgan fingerprint density at radius 1 is 0.853 bits per heavy atom. The van der Waals surface area contributed by atoms with Crippen molar-refractivity contribution in [3.63, 3.8) is 0 Å². The number of nitrogens with one attached hydrogen (secondary N) is 1. The van der Waals surface area contributed by atoms with E-state index in [-0.39, 0.29) is 17.7 Å². The number of para-hydroxylation sites is 1. The summed E-state index contributed by atoms with van der Waals surface area (Å²) in [6.07, 6.45) is 0.926. The van der Waals surface area contributed by atoms with Crippen molar-refractivity contribution >= 4 is 28.8 Å². The average Bonchev–Trinajstić information content (AvgIpc) is 3.08. The van der Waals surface area contributed by atoms with Crippen LogP contribution in [-0.2, 0) is 9.59 Å². The Morgan fingerprint density at radius 3 is 2.26 bits per heavy atom. The molecular weight excluding hydrogens is 428 g/mol. The van der Waals surface area contributed by atoms with Gasteiger partial charge in [-0.15, -0.1) is 0 Å². The van der Waals surface area contributed by atoms with Crippen molar-refractivity contribution in [1.29, 1.82) is 0 Å². The molecule has 2 amide bonds. The van der Waals surface area contributed by atoms with Crippen molar-refractivity contribution < 1.29 is 19.1 Å². The molecule has 0 aromatic heterocycles. The lowest BCUT2D eigenvalue weighted by molar-refractivity contribution is -0.120. The van der Waals surface area contributed by atoms with Crippen LogP contribution in [0.2, 0.25) is 0 Å². The average molecular weight is 457 g/mol. The Balaban J connectivity index is 1.73. The van der Waals surface area contributed by atoms with Crippen LogP contribution in [0.3, 0.4) is 0 Å². The van der Waals surface area contributed by atoms with Crippen molar-refractivity contribution in [2.45, 2.75) is 33.3 Å². The summed E-state index contributed by atoms with van der Waals surface area (Å²) in [7, 11) is 0. The molecule has 0 spiro atoms. The lowest BCUT2D eigenvalue weighted by Crippen LogP contribution is -2.32. The fraction of sp³-hybridized carbons (Fsp3) is 0.214. The molecule has 1 aliphatic rings. The van der Waals surface area contributed by atoms with Crippen LogP contribution in [0.1, 0.15) is 32.8 Å². The minimum Gasteiger partial charge on any atom is -0.494 e. The zero-order valence-electron chi connectivity index (χ0n) is 19.6. The summed E-state index contributed by atoms with van der Waals surface area (Å²) >= 11 is 0. The van der Waals surface area contributed by atoms with Gasteiger partial charge in [-0.3, -0.25) is 9.59 Å². The minimum absolute atomic E-state index is 0.0350. The first-order chi connectivity index (χ1) is 16.5. The summed E-state index contributed by atoms with van der Waals surface area (Å²) in [6, 6.07) is 23.5. The van der Waals surface area contributed by atoms with Crippen molar-refractivity contribution in [1.82, 2.24) is 0 Å². The number of anilines is 2. The number of carbonyl (C=O) groups excluding carboxylic acids is 2. The van der Waals surface area contributed by atoms with E-state index < -0.39 is 5.91 Å². The normalized spacial score (nSPS) is 13.6. The molecule has 0 bridgehead atoms. The van der Waals surface area contributed by atoms with Gasteiger partial charge in [-0.2, -0.15) is 0 Å². The first-order valence-electron chi connectivity index (χ1n) is 11.4. The van der Waals surface area contributed by atoms with E-state index in [0.717, 1.165) is 6.42 Å². The van der Waals surface area contributed by atoms with Gasteiger partial charge in [-0.25, -0.2) is 4.90 Å². The van der Waals surface area contributed by atoms with E-state index in [1.54, 1.807) is 36.4 Å². The molecule has 0 unspecified atom stereocenters. The van der Waals surface area contributed by atoms with E-state index in [4.69, 9.17) is 9.47 Å². The van der Waals surface area contributed by atoms with Crippen molar-refractivity contribution in [2.75, 3.05) is 16.8 Å². The van der Waals surface area contributed by atoms with E-state index in [1.165, 1.54) is 4.90 Å². The first kappa shape index (κ1) is 23.1. The van der Waals surface area contributed by atoms with E-state index in [9.17, 15) is 9.59 Å². The van der Waals surface area contributed by atoms with Gasteiger partial charge >= 0.3 is 0 Å². The molecule has 0 aliphatic carbocycles. The number of ether oxygens (including phenoxy) is 2. The molecule has 34 heavy (non-hydrogen) atoms. The van der Waals surface area contributed by atoms with Gasteiger partial charge in [-0.05, 0) is 62.2 Å². The van der Waals surface area contributed by atoms with Crippen LogP contribution in [0.5, 0.6) is 11.5 Å². The van der Waals surface area contributed by atoms with E-state index >= 15 is 0 Å². The maximum atomic E-state index is 13.5. The third-order valence-electron chi connectivity index (χ3n) is 5.19. The molecule has 3 aromatic rings. The molecule has 3 aromatic carbocycles. The summed E-state index contributed by atoms with van der Waals surface area (Å²) in [4.78, 5) is 28.2. The van der Waals surface area contributed by atoms with Crippen LogP contribution in [-0.4, -0.2) is 24.5 Å². The molecule has 4 rings (SSSR count). The van der Waals surface area contributed by atoms with Crippen LogP contribution in [0.25, 0.3) is 5.57 Å². The van der Waals surface area contributed by atoms with Gasteiger partial charge in [0.15, 0.2) is 0 Å². The molecule has 6 heteroatoms. The quantitative estimate of drug-likeness (QED) is 0.421. The summed E-state index contributed by atoms with van der Waals surface area (Å²) < 4.78 is 11.5. The number of imide groups is 1. The summed E-state index contributed by atoms with van der Waals surface area (Å²) in [6.45, 7) is 6.54. The topological polar surface area (TPSA) is 67.9 Å². The van der Waals surface area contributed by atoms with Gasteiger partial charge in [0.05, 0.1) is 24.0 Å². The zero-order chi connectivity index (χ0) is 24.1. The fourth-order valence-corrected chi connectivity index (χ4v) is 3.73. The molecule has 1 heterocycles. The molecule has 1 N–H and O–H groups in total. The molecule has 0 radical (unpaired) electrons. The standard InChI is InChI=1S/C28H28N2O4/c1-4-17-33-24-12-8-9-21(18-24)29-26-25(20-13-15-23(16-14-20)34-19(2)3)27(31)30(28(26)32)22-10-6-5-7-11-22/h5-16,18-19,29H,4,17H2,1-3H3. The predicted molar refractivity (Wildman–Crippen MR) is 134 cm³/mol. The Kier molecular flexibility index (Phi) is 6.97. The van der Waals surface area contributed by atoms with Gasteiger partial charge in [-0.1, -0.05) is 43.3 Å². The van der Waals surface area contributed by atoms with Crippen LogP contribution in [0.4, 0.5) is 11.4 Å². The van der Waals surface area contributed by atoms with Crippen molar-refractivity contribution in [2.24, 2.45) is 0 Å². The van der Waals surface area contributed by atoms with Gasteiger partial charge in [0.1, 0.15) is 17.2 Å². The van der Waals surface area contributed by atoms with Crippen LogP contribution in [0, 0.1) is 0 Å². The Morgan fingerprint density at radius 2 is 1.59 bits per heavy atom. The van der Waals surface area contributed by atoms with Crippen LogP contribution in [0.15, 0.2) is 84.6 Å². The molecule has 174 valence electrons. The van der Waals surface area contributed by atoms with Crippen LogP contribution < -0.4 is 19.7 Å². The van der Waals surface area contributed by atoms with Gasteiger partial charge < -0.3 is 14.8 Å².